The Labute approximate surface area is 197 Å². The molecule has 1 aliphatic heterocycles. The molecule has 1 saturated heterocycles. The molecule has 0 saturated carbocycles. The molecule has 3 aromatic carbocycles. The van der Waals surface area contributed by atoms with Gasteiger partial charge in [-0.3, -0.25) is 19.6 Å². The van der Waals surface area contributed by atoms with Gasteiger partial charge in [0.15, 0.2) is 0 Å². The van der Waals surface area contributed by atoms with Crippen LogP contribution in [-0.4, -0.2) is 32.3 Å². The molecule has 9 nitrogen and oxygen atoms in total. The molecule has 0 bridgehead atoms. The van der Waals surface area contributed by atoms with E-state index in [2.05, 4.69) is 21.0 Å². The molecule has 3 aromatic rings. The third-order valence-electron chi connectivity index (χ3n) is 5.62. The maximum Gasteiger partial charge on any atom is 0.270 e. The normalized spacial score (nSPS) is 13.5. The number of non-ortho nitro benzene ring substituents is 1. The van der Waals surface area contributed by atoms with E-state index in [1.54, 1.807) is 0 Å². The second-order valence-electron chi connectivity index (χ2n) is 7.94. The molecular formula is C24H24N4O5S. The van der Waals surface area contributed by atoms with Crippen LogP contribution in [0.3, 0.4) is 0 Å². The van der Waals surface area contributed by atoms with Crippen LogP contribution in [0.1, 0.15) is 28.8 Å². The van der Waals surface area contributed by atoms with Gasteiger partial charge in [0.05, 0.1) is 9.82 Å². The summed E-state index contributed by atoms with van der Waals surface area (Å²) in [5, 5.41) is 13.8. The topological polar surface area (TPSA) is 122 Å². The van der Waals surface area contributed by atoms with E-state index in [9.17, 15) is 23.3 Å². The molecule has 1 fully saturated rings. The molecule has 1 aliphatic rings. The smallest absolute Gasteiger partial charge is 0.270 e. The molecule has 1 amide bonds. The molecule has 0 spiro atoms. The summed E-state index contributed by atoms with van der Waals surface area (Å²) < 4.78 is 27.5. The second-order valence-corrected chi connectivity index (χ2v) is 9.63. The number of nitrogens with zero attached hydrogens (tertiary/aromatic N) is 2. The van der Waals surface area contributed by atoms with E-state index >= 15 is 0 Å². The van der Waals surface area contributed by atoms with Crippen molar-refractivity contribution in [2.75, 3.05) is 22.7 Å². The number of hydrogen-bond donors (Lipinski definition) is 2. The maximum atomic E-state index is 12.6. The molecule has 0 aromatic heterocycles. The van der Waals surface area contributed by atoms with Crippen LogP contribution in [-0.2, 0) is 16.6 Å². The Morgan fingerprint density at radius 3 is 2.38 bits per heavy atom. The number of carbonyl (C=O) groups is 1. The van der Waals surface area contributed by atoms with Crippen molar-refractivity contribution in [1.29, 1.82) is 0 Å². The van der Waals surface area contributed by atoms with E-state index < -0.39 is 14.9 Å². The molecular weight excluding hydrogens is 456 g/mol. The van der Waals surface area contributed by atoms with E-state index in [1.165, 1.54) is 42.5 Å². The van der Waals surface area contributed by atoms with E-state index in [0.29, 0.717) is 12.1 Å². The largest absolute Gasteiger partial charge is 0.371 e. The summed E-state index contributed by atoms with van der Waals surface area (Å²) in [4.78, 5) is 25.0. The lowest BCUT2D eigenvalue weighted by molar-refractivity contribution is -0.385. The van der Waals surface area contributed by atoms with Gasteiger partial charge in [0, 0.05) is 48.7 Å². The van der Waals surface area contributed by atoms with E-state index in [4.69, 9.17) is 0 Å². The second kappa shape index (κ2) is 9.92. The first-order valence-corrected chi connectivity index (χ1v) is 12.3. The SMILES string of the molecule is O=C(NCc1ccccc1N1CCCC1)c1ccc(NS(=O)(=O)c2cccc([N+](=O)[O-])c2)cc1. The number of nitrogens with one attached hydrogen (secondary N) is 2. The minimum atomic E-state index is -4.02. The van der Waals surface area contributed by atoms with Crippen molar-refractivity contribution in [3.8, 4) is 0 Å². The summed E-state index contributed by atoms with van der Waals surface area (Å²) in [6, 6.07) is 18.8. The Kier molecular flexibility index (Phi) is 6.78. The van der Waals surface area contributed by atoms with Crippen LogP contribution in [0.4, 0.5) is 17.1 Å². The van der Waals surface area contributed by atoms with Crippen molar-refractivity contribution in [3.63, 3.8) is 0 Å². The van der Waals surface area contributed by atoms with Gasteiger partial charge < -0.3 is 10.2 Å². The Morgan fingerprint density at radius 1 is 0.971 bits per heavy atom. The summed E-state index contributed by atoms with van der Waals surface area (Å²) in [5.74, 6) is -0.274. The summed E-state index contributed by atoms with van der Waals surface area (Å²) in [7, 11) is -4.02. The van der Waals surface area contributed by atoms with Crippen LogP contribution in [0.2, 0.25) is 0 Å². The summed E-state index contributed by atoms with van der Waals surface area (Å²) in [6.07, 6.45) is 2.33. The predicted molar refractivity (Wildman–Crippen MR) is 129 cm³/mol. The molecule has 4 rings (SSSR count). The molecule has 0 atom stereocenters. The fourth-order valence-corrected chi connectivity index (χ4v) is 4.97. The van der Waals surface area contributed by atoms with Gasteiger partial charge >= 0.3 is 0 Å². The molecule has 34 heavy (non-hydrogen) atoms. The lowest BCUT2D eigenvalue weighted by Crippen LogP contribution is -2.25. The molecule has 176 valence electrons. The van der Waals surface area contributed by atoms with E-state index in [0.717, 1.165) is 43.2 Å². The number of anilines is 2. The highest BCUT2D eigenvalue weighted by Crippen LogP contribution is 2.25. The highest BCUT2D eigenvalue weighted by molar-refractivity contribution is 7.92. The number of nitro benzene ring substituents is 1. The van der Waals surface area contributed by atoms with Gasteiger partial charge in [-0.2, -0.15) is 0 Å². The molecule has 10 heteroatoms. The van der Waals surface area contributed by atoms with Crippen molar-refractivity contribution in [2.24, 2.45) is 0 Å². The van der Waals surface area contributed by atoms with Gasteiger partial charge in [-0.15, -0.1) is 0 Å². The fourth-order valence-electron chi connectivity index (χ4n) is 3.87. The minimum Gasteiger partial charge on any atom is -0.371 e. The summed E-state index contributed by atoms with van der Waals surface area (Å²) in [5.41, 5.74) is 2.48. The molecule has 2 N–H and O–H groups in total. The van der Waals surface area contributed by atoms with Crippen LogP contribution in [0.15, 0.2) is 77.7 Å². The predicted octanol–water partition coefficient (Wildman–Crippen LogP) is 3.93. The molecule has 0 radical (unpaired) electrons. The standard InChI is InChI=1S/C24H24N4O5S/c29-24(25-17-19-6-1-2-9-23(19)27-14-3-4-15-27)18-10-12-20(13-11-18)26-34(32,33)22-8-5-7-21(16-22)28(30)31/h1-2,5-13,16,26H,3-4,14-15,17H2,(H,25,29). The Bertz CT molecular complexity index is 1300. The number of carbonyl (C=O) groups excluding carboxylic acids is 1. The zero-order chi connectivity index (χ0) is 24.1. The zero-order valence-corrected chi connectivity index (χ0v) is 19.1. The van der Waals surface area contributed by atoms with Gasteiger partial charge in [0.25, 0.3) is 21.6 Å². The fraction of sp³-hybridized carbons (Fsp3) is 0.208. The number of sulfonamides is 1. The van der Waals surface area contributed by atoms with Gasteiger partial charge in [0.1, 0.15) is 0 Å². The van der Waals surface area contributed by atoms with Crippen molar-refractivity contribution in [1.82, 2.24) is 5.32 Å². The molecule has 0 aliphatic carbocycles. The Balaban J connectivity index is 1.40. The number of para-hydroxylation sites is 1. The van der Waals surface area contributed by atoms with Gasteiger partial charge in [0.2, 0.25) is 0 Å². The molecule has 0 unspecified atom stereocenters. The number of benzene rings is 3. The van der Waals surface area contributed by atoms with E-state index in [1.807, 2.05) is 18.2 Å². The van der Waals surface area contributed by atoms with Gasteiger partial charge in [-0.25, -0.2) is 8.42 Å². The van der Waals surface area contributed by atoms with Crippen molar-refractivity contribution in [3.05, 3.63) is 94.0 Å². The van der Waals surface area contributed by atoms with Crippen LogP contribution in [0, 0.1) is 10.1 Å². The minimum absolute atomic E-state index is 0.222. The summed E-state index contributed by atoms with van der Waals surface area (Å²) >= 11 is 0. The number of hydrogen-bond acceptors (Lipinski definition) is 6. The monoisotopic (exact) mass is 480 g/mol. The number of amides is 1. The number of rotatable bonds is 8. The first-order valence-electron chi connectivity index (χ1n) is 10.8. The highest BCUT2D eigenvalue weighted by atomic mass is 32.2. The average Bonchev–Trinajstić information content (AvgIpc) is 3.38. The van der Waals surface area contributed by atoms with E-state index in [-0.39, 0.29) is 22.2 Å². The Morgan fingerprint density at radius 2 is 1.68 bits per heavy atom. The Hall–Kier alpha value is -3.92. The average molecular weight is 481 g/mol. The van der Waals surface area contributed by atoms with Crippen molar-refractivity contribution in [2.45, 2.75) is 24.3 Å². The van der Waals surface area contributed by atoms with Crippen molar-refractivity contribution >= 4 is 33.0 Å². The maximum absolute atomic E-state index is 12.6. The van der Waals surface area contributed by atoms with Crippen LogP contribution >= 0.6 is 0 Å². The highest BCUT2D eigenvalue weighted by Gasteiger charge is 2.19. The number of nitro groups is 1. The van der Waals surface area contributed by atoms with Gasteiger partial charge in [-0.1, -0.05) is 24.3 Å². The quantitative estimate of drug-likeness (QED) is 0.372. The zero-order valence-electron chi connectivity index (χ0n) is 18.3. The third kappa shape index (κ3) is 5.34. The van der Waals surface area contributed by atoms with Crippen LogP contribution in [0.5, 0.6) is 0 Å². The lowest BCUT2D eigenvalue weighted by Gasteiger charge is -2.21. The lowest BCUT2D eigenvalue weighted by atomic mass is 10.1. The summed E-state index contributed by atoms with van der Waals surface area (Å²) in [6.45, 7) is 2.41. The van der Waals surface area contributed by atoms with Crippen molar-refractivity contribution < 1.29 is 18.1 Å². The first-order chi connectivity index (χ1) is 16.3. The van der Waals surface area contributed by atoms with Gasteiger partial charge in [-0.05, 0) is 54.8 Å². The van der Waals surface area contributed by atoms with Crippen LogP contribution < -0.4 is 14.9 Å². The first kappa shape index (κ1) is 23.2. The van der Waals surface area contributed by atoms with Crippen LogP contribution in [0.25, 0.3) is 0 Å². The molecule has 1 heterocycles. The third-order valence-corrected chi connectivity index (χ3v) is 6.99.